The molecule has 3 heterocycles. The van der Waals surface area contributed by atoms with Crippen molar-refractivity contribution in [2.75, 3.05) is 5.32 Å². The molecule has 0 fully saturated rings. The number of rotatable bonds is 1. The zero-order chi connectivity index (χ0) is 15.3. The summed E-state index contributed by atoms with van der Waals surface area (Å²) in [6, 6.07) is 11.3. The van der Waals surface area contributed by atoms with Gasteiger partial charge in [-0.3, -0.25) is 4.79 Å². The number of fused-ring (bicyclic) bond motifs is 3. The summed E-state index contributed by atoms with van der Waals surface area (Å²) in [4.78, 5) is 18.8. The third kappa shape index (κ3) is 1.96. The van der Waals surface area contributed by atoms with E-state index in [-0.39, 0.29) is 5.56 Å². The number of hydrogen-bond donors (Lipinski definition) is 3. The van der Waals surface area contributed by atoms with Crippen LogP contribution in [0.4, 0.5) is 5.69 Å². The lowest BCUT2D eigenvalue weighted by atomic mass is 10.0. The van der Waals surface area contributed by atoms with E-state index in [1.807, 2.05) is 37.3 Å². The Morgan fingerprint density at radius 1 is 1.05 bits per heavy atom. The summed E-state index contributed by atoms with van der Waals surface area (Å²) in [5.41, 5.74) is 6.12. The van der Waals surface area contributed by atoms with Gasteiger partial charge < -0.3 is 15.3 Å². The van der Waals surface area contributed by atoms with Gasteiger partial charge in [0.05, 0.1) is 17.1 Å². The second kappa shape index (κ2) is 4.78. The Labute approximate surface area is 132 Å². The summed E-state index contributed by atoms with van der Waals surface area (Å²) in [7, 11) is 0. The molecule has 2 aromatic heterocycles. The van der Waals surface area contributed by atoms with Crippen LogP contribution in [0.5, 0.6) is 0 Å². The number of pyridine rings is 1. The first-order valence-electron chi connectivity index (χ1n) is 7.08. The number of nitrogens with one attached hydrogen (secondary N) is 3. The number of halogens is 1. The standard InChI is InChI=1S/C17H14ClN3O/c1-9-6-14-16(20-9)15-10(8-19-14)7-12(17(22)21-15)11-4-2-3-5-13(11)18/h2-7,19-20H,8H2,1H3,(H,21,22). The molecule has 0 atom stereocenters. The van der Waals surface area contributed by atoms with E-state index in [1.165, 1.54) is 0 Å². The highest BCUT2D eigenvalue weighted by atomic mass is 35.5. The third-order valence-electron chi connectivity index (χ3n) is 3.96. The first-order chi connectivity index (χ1) is 10.6. The average molecular weight is 312 g/mol. The Bertz CT molecular complexity index is 939. The Morgan fingerprint density at radius 3 is 2.68 bits per heavy atom. The number of aryl methyl sites for hydroxylation is 1. The van der Waals surface area contributed by atoms with Gasteiger partial charge in [0.2, 0.25) is 0 Å². The summed E-state index contributed by atoms with van der Waals surface area (Å²) >= 11 is 6.22. The van der Waals surface area contributed by atoms with Crippen LogP contribution in [-0.4, -0.2) is 9.97 Å². The molecule has 0 aliphatic carbocycles. The van der Waals surface area contributed by atoms with Crippen LogP contribution in [0.1, 0.15) is 11.3 Å². The monoisotopic (exact) mass is 311 g/mol. The summed E-state index contributed by atoms with van der Waals surface area (Å²) in [5.74, 6) is 0. The van der Waals surface area contributed by atoms with Crippen molar-refractivity contribution >= 4 is 17.3 Å². The van der Waals surface area contributed by atoms with Crippen LogP contribution in [0.15, 0.2) is 41.2 Å². The Morgan fingerprint density at radius 2 is 1.86 bits per heavy atom. The van der Waals surface area contributed by atoms with Crippen molar-refractivity contribution < 1.29 is 0 Å². The van der Waals surface area contributed by atoms with Gasteiger partial charge in [0.15, 0.2) is 0 Å². The topological polar surface area (TPSA) is 60.7 Å². The van der Waals surface area contributed by atoms with Crippen molar-refractivity contribution in [1.82, 2.24) is 9.97 Å². The molecule has 0 bridgehead atoms. The molecule has 22 heavy (non-hydrogen) atoms. The van der Waals surface area contributed by atoms with E-state index in [0.717, 1.165) is 33.9 Å². The lowest BCUT2D eigenvalue weighted by molar-refractivity contribution is 1.06. The molecule has 0 saturated heterocycles. The highest BCUT2D eigenvalue weighted by Crippen LogP contribution is 2.35. The third-order valence-corrected chi connectivity index (χ3v) is 4.29. The second-order valence-corrected chi connectivity index (χ2v) is 5.89. The summed E-state index contributed by atoms with van der Waals surface area (Å²) < 4.78 is 0. The van der Waals surface area contributed by atoms with Crippen LogP contribution in [0.3, 0.4) is 0 Å². The van der Waals surface area contributed by atoms with Crippen molar-refractivity contribution in [1.29, 1.82) is 0 Å². The van der Waals surface area contributed by atoms with E-state index in [1.54, 1.807) is 6.07 Å². The van der Waals surface area contributed by atoms with E-state index in [2.05, 4.69) is 15.3 Å². The summed E-state index contributed by atoms with van der Waals surface area (Å²) in [5, 5.41) is 3.94. The molecular weight excluding hydrogens is 298 g/mol. The fourth-order valence-electron chi connectivity index (χ4n) is 2.93. The van der Waals surface area contributed by atoms with E-state index in [0.29, 0.717) is 17.1 Å². The molecule has 1 aliphatic rings. The molecule has 4 rings (SSSR count). The van der Waals surface area contributed by atoms with Gasteiger partial charge in [0, 0.05) is 28.4 Å². The zero-order valence-electron chi connectivity index (χ0n) is 12.0. The SMILES string of the molecule is Cc1cc2c([nH]1)-c1[nH]c(=O)c(-c3ccccc3Cl)cc1CN2. The number of hydrogen-bond acceptors (Lipinski definition) is 2. The zero-order valence-corrected chi connectivity index (χ0v) is 12.7. The van der Waals surface area contributed by atoms with E-state index in [4.69, 9.17) is 11.6 Å². The lowest BCUT2D eigenvalue weighted by Crippen LogP contribution is -2.17. The van der Waals surface area contributed by atoms with Gasteiger partial charge in [0.1, 0.15) is 0 Å². The number of aromatic amines is 2. The average Bonchev–Trinajstić information content (AvgIpc) is 2.88. The van der Waals surface area contributed by atoms with Crippen LogP contribution in [-0.2, 0) is 6.54 Å². The molecule has 0 amide bonds. The van der Waals surface area contributed by atoms with Crippen molar-refractivity contribution in [3.8, 4) is 22.5 Å². The predicted molar refractivity (Wildman–Crippen MR) is 89.4 cm³/mol. The largest absolute Gasteiger partial charge is 0.379 e. The smallest absolute Gasteiger partial charge is 0.256 e. The molecule has 5 heteroatoms. The fraction of sp³-hybridized carbons (Fsp3) is 0.118. The Balaban J connectivity index is 1.94. The van der Waals surface area contributed by atoms with Gasteiger partial charge in [0.25, 0.3) is 5.56 Å². The number of anilines is 1. The van der Waals surface area contributed by atoms with Gasteiger partial charge in [-0.15, -0.1) is 0 Å². The van der Waals surface area contributed by atoms with Gasteiger partial charge in [-0.1, -0.05) is 29.8 Å². The second-order valence-electron chi connectivity index (χ2n) is 5.49. The molecule has 3 aromatic rings. The van der Waals surface area contributed by atoms with Gasteiger partial charge in [-0.05, 0) is 30.7 Å². The van der Waals surface area contributed by atoms with Crippen molar-refractivity contribution in [3.05, 3.63) is 63.0 Å². The van der Waals surface area contributed by atoms with Crippen molar-refractivity contribution in [2.45, 2.75) is 13.5 Å². The Kier molecular flexibility index (Phi) is 2.87. The first-order valence-corrected chi connectivity index (χ1v) is 7.46. The van der Waals surface area contributed by atoms with E-state index in [9.17, 15) is 4.79 Å². The molecule has 3 N–H and O–H groups in total. The molecule has 1 aromatic carbocycles. The molecule has 0 spiro atoms. The first kappa shape index (κ1) is 13.2. The molecule has 0 saturated carbocycles. The number of benzene rings is 1. The van der Waals surface area contributed by atoms with Crippen LogP contribution < -0.4 is 10.9 Å². The minimum atomic E-state index is -0.132. The number of aromatic nitrogens is 2. The van der Waals surface area contributed by atoms with Gasteiger partial charge >= 0.3 is 0 Å². The van der Waals surface area contributed by atoms with Crippen LogP contribution >= 0.6 is 11.6 Å². The molecule has 4 nitrogen and oxygen atoms in total. The molecule has 1 aliphatic heterocycles. The number of H-pyrrole nitrogens is 2. The minimum absolute atomic E-state index is 0.132. The van der Waals surface area contributed by atoms with Crippen molar-refractivity contribution in [2.24, 2.45) is 0 Å². The fourth-order valence-corrected chi connectivity index (χ4v) is 3.17. The molecule has 0 unspecified atom stereocenters. The van der Waals surface area contributed by atoms with Crippen molar-refractivity contribution in [3.63, 3.8) is 0 Å². The maximum absolute atomic E-state index is 12.5. The molecule has 0 radical (unpaired) electrons. The summed E-state index contributed by atoms with van der Waals surface area (Å²) in [6.45, 7) is 2.67. The van der Waals surface area contributed by atoms with Crippen LogP contribution in [0, 0.1) is 6.92 Å². The van der Waals surface area contributed by atoms with Gasteiger partial charge in [-0.25, -0.2) is 0 Å². The van der Waals surface area contributed by atoms with E-state index < -0.39 is 0 Å². The highest BCUT2D eigenvalue weighted by molar-refractivity contribution is 6.33. The highest BCUT2D eigenvalue weighted by Gasteiger charge is 2.20. The maximum Gasteiger partial charge on any atom is 0.256 e. The Hall–Kier alpha value is -2.46. The predicted octanol–water partition coefficient (Wildman–Crippen LogP) is 3.92. The van der Waals surface area contributed by atoms with Gasteiger partial charge in [-0.2, -0.15) is 0 Å². The minimum Gasteiger partial charge on any atom is -0.379 e. The lowest BCUT2D eigenvalue weighted by Gasteiger charge is -2.19. The maximum atomic E-state index is 12.5. The van der Waals surface area contributed by atoms with Crippen LogP contribution in [0.25, 0.3) is 22.5 Å². The van der Waals surface area contributed by atoms with E-state index >= 15 is 0 Å². The van der Waals surface area contributed by atoms with Crippen LogP contribution in [0.2, 0.25) is 5.02 Å². The molecular formula is C17H14ClN3O. The molecule has 110 valence electrons. The quantitative estimate of drug-likeness (QED) is 0.638. The summed E-state index contributed by atoms with van der Waals surface area (Å²) in [6.07, 6.45) is 0. The normalized spacial score (nSPS) is 12.5.